The Kier molecular flexibility index (Phi) is 9.36. The third kappa shape index (κ3) is 6.86. The molecule has 0 heterocycles. The summed E-state index contributed by atoms with van der Waals surface area (Å²) < 4.78 is 10.2. The molecule has 0 saturated carbocycles. The van der Waals surface area contributed by atoms with E-state index in [-0.39, 0.29) is 0 Å². The van der Waals surface area contributed by atoms with Crippen molar-refractivity contribution in [2.45, 2.75) is 32.2 Å². The molecule has 0 fully saturated rings. The quantitative estimate of drug-likeness (QED) is 0.332. The van der Waals surface area contributed by atoms with Gasteiger partial charge in [0.05, 0.1) is 13.7 Å². The average molecular weight is 343 g/mol. The molecule has 0 aromatic rings. The lowest BCUT2D eigenvalue weighted by Crippen LogP contribution is -2.42. The van der Waals surface area contributed by atoms with Crippen molar-refractivity contribution in [3.05, 3.63) is 0 Å². The van der Waals surface area contributed by atoms with Crippen LogP contribution < -0.4 is 5.32 Å². The Hall–Kier alpha value is -0.530. The van der Waals surface area contributed by atoms with Gasteiger partial charge in [-0.1, -0.05) is 35.9 Å². The highest BCUT2D eigenvalue weighted by atomic mass is 127. The smallest absolute Gasteiger partial charge is 0.407 e. The van der Waals surface area contributed by atoms with Gasteiger partial charge < -0.3 is 14.8 Å². The number of hydrogen-bond donors (Lipinski definition) is 1. The van der Waals surface area contributed by atoms with Gasteiger partial charge >= 0.3 is 12.1 Å². The van der Waals surface area contributed by atoms with E-state index >= 15 is 0 Å². The highest BCUT2D eigenvalue weighted by Gasteiger charge is 2.21. The first-order chi connectivity index (χ1) is 7.65. The van der Waals surface area contributed by atoms with Gasteiger partial charge in [-0.25, -0.2) is 9.59 Å². The molecule has 0 rings (SSSR count). The number of alkyl halides is 1. The number of unbranched alkanes of at least 4 members (excludes halogenated alkanes) is 1. The van der Waals surface area contributed by atoms with Crippen LogP contribution in [0.3, 0.4) is 0 Å². The first-order valence-electron chi connectivity index (χ1n) is 5.22. The molecular weight excluding hydrogens is 325 g/mol. The number of amides is 1. The van der Waals surface area contributed by atoms with Crippen molar-refractivity contribution in [2.75, 3.05) is 18.1 Å². The molecule has 0 spiro atoms. The number of ether oxygens (including phenoxy) is 2. The van der Waals surface area contributed by atoms with Crippen LogP contribution >= 0.6 is 22.6 Å². The molecule has 0 saturated heterocycles. The Bertz CT molecular complexity index is 223. The van der Waals surface area contributed by atoms with E-state index < -0.39 is 18.1 Å². The van der Waals surface area contributed by atoms with Crippen LogP contribution in [0.15, 0.2) is 0 Å². The summed E-state index contributed by atoms with van der Waals surface area (Å²) in [5.74, 6) is -0.441. The molecule has 0 aromatic carbocycles. The van der Waals surface area contributed by atoms with Gasteiger partial charge in [0.15, 0.2) is 0 Å². The average Bonchev–Trinajstić information content (AvgIpc) is 2.28. The van der Waals surface area contributed by atoms with Crippen molar-refractivity contribution < 1.29 is 19.1 Å². The van der Waals surface area contributed by atoms with Crippen molar-refractivity contribution in [1.82, 2.24) is 5.32 Å². The summed E-state index contributed by atoms with van der Waals surface area (Å²) >= 11 is 2.13. The van der Waals surface area contributed by atoms with Gasteiger partial charge in [0.2, 0.25) is 0 Å². The number of rotatable bonds is 7. The molecule has 1 N–H and O–H groups in total. The SMILES string of the molecule is CCCCOC(=O)NC(CCI)C(=O)OC. The van der Waals surface area contributed by atoms with Crippen molar-refractivity contribution in [2.24, 2.45) is 0 Å². The highest BCUT2D eigenvalue weighted by Crippen LogP contribution is 2.00. The van der Waals surface area contributed by atoms with E-state index in [4.69, 9.17) is 4.74 Å². The summed E-state index contributed by atoms with van der Waals surface area (Å²) in [5, 5.41) is 2.49. The zero-order chi connectivity index (χ0) is 12.4. The monoisotopic (exact) mass is 343 g/mol. The topological polar surface area (TPSA) is 64.6 Å². The van der Waals surface area contributed by atoms with Gasteiger partial charge in [-0.05, 0) is 12.8 Å². The molecule has 1 unspecified atom stereocenters. The van der Waals surface area contributed by atoms with Crippen LogP contribution in [0.1, 0.15) is 26.2 Å². The molecule has 5 nitrogen and oxygen atoms in total. The second kappa shape index (κ2) is 9.68. The number of halogens is 1. The lowest BCUT2D eigenvalue weighted by Gasteiger charge is -2.15. The summed E-state index contributed by atoms with van der Waals surface area (Å²) in [6, 6.07) is -0.615. The molecule has 0 radical (unpaired) electrons. The predicted octanol–water partition coefficient (Wildman–Crippen LogP) is 1.88. The number of methoxy groups -OCH3 is 1. The molecule has 6 heteroatoms. The molecular formula is C10H18INO4. The van der Waals surface area contributed by atoms with E-state index in [0.29, 0.717) is 13.0 Å². The summed E-state index contributed by atoms with van der Waals surface area (Å²) in [6.07, 6.45) is 1.76. The van der Waals surface area contributed by atoms with Gasteiger partial charge in [0, 0.05) is 4.43 Å². The number of esters is 1. The Morgan fingerprint density at radius 2 is 2.12 bits per heavy atom. The Balaban J connectivity index is 3.97. The van der Waals surface area contributed by atoms with Gasteiger partial charge in [0.1, 0.15) is 6.04 Å². The maximum atomic E-state index is 11.3. The Labute approximate surface area is 109 Å². The molecule has 0 aliphatic heterocycles. The molecule has 0 bridgehead atoms. The second-order valence-corrected chi connectivity index (χ2v) is 4.27. The zero-order valence-corrected chi connectivity index (χ0v) is 11.8. The molecule has 1 amide bonds. The third-order valence-electron chi connectivity index (χ3n) is 1.91. The number of alkyl carbamates (subject to hydrolysis) is 1. The zero-order valence-electron chi connectivity index (χ0n) is 9.62. The third-order valence-corrected chi connectivity index (χ3v) is 2.53. The van der Waals surface area contributed by atoms with E-state index in [2.05, 4.69) is 32.6 Å². The van der Waals surface area contributed by atoms with Crippen LogP contribution in [-0.4, -0.2) is 36.2 Å². The largest absolute Gasteiger partial charge is 0.467 e. The van der Waals surface area contributed by atoms with Crippen LogP contribution in [0.5, 0.6) is 0 Å². The summed E-state index contributed by atoms with van der Waals surface area (Å²) in [7, 11) is 1.30. The minimum absolute atomic E-state index is 0.375. The van der Waals surface area contributed by atoms with Crippen LogP contribution in [0.2, 0.25) is 0 Å². The lowest BCUT2D eigenvalue weighted by atomic mass is 10.2. The van der Waals surface area contributed by atoms with E-state index in [0.717, 1.165) is 17.3 Å². The fourth-order valence-electron chi connectivity index (χ4n) is 0.993. The molecule has 16 heavy (non-hydrogen) atoms. The molecule has 94 valence electrons. The van der Waals surface area contributed by atoms with Crippen molar-refractivity contribution in [3.8, 4) is 0 Å². The lowest BCUT2D eigenvalue weighted by molar-refractivity contribution is -0.143. The van der Waals surface area contributed by atoms with E-state index in [9.17, 15) is 9.59 Å². The van der Waals surface area contributed by atoms with E-state index in [1.807, 2.05) is 6.92 Å². The van der Waals surface area contributed by atoms with Gasteiger partial charge in [0.25, 0.3) is 0 Å². The van der Waals surface area contributed by atoms with Gasteiger partial charge in [-0.2, -0.15) is 0 Å². The number of nitrogens with one attached hydrogen (secondary N) is 1. The normalized spacial score (nSPS) is 11.7. The Morgan fingerprint density at radius 1 is 1.44 bits per heavy atom. The van der Waals surface area contributed by atoms with Crippen LogP contribution in [0.4, 0.5) is 4.79 Å². The summed E-state index contributed by atoms with van der Waals surface area (Å²) in [4.78, 5) is 22.6. The molecule has 0 aliphatic rings. The Morgan fingerprint density at radius 3 is 2.62 bits per heavy atom. The summed E-state index contributed by atoms with van der Waals surface area (Å²) in [5.41, 5.74) is 0. The second-order valence-electron chi connectivity index (χ2n) is 3.19. The first kappa shape index (κ1) is 15.5. The predicted molar refractivity (Wildman–Crippen MR) is 68.7 cm³/mol. The van der Waals surface area contributed by atoms with Crippen molar-refractivity contribution >= 4 is 34.7 Å². The van der Waals surface area contributed by atoms with Crippen molar-refractivity contribution in [3.63, 3.8) is 0 Å². The van der Waals surface area contributed by atoms with Gasteiger partial charge in [-0.15, -0.1) is 0 Å². The maximum Gasteiger partial charge on any atom is 0.407 e. The fourth-order valence-corrected chi connectivity index (χ4v) is 1.62. The minimum atomic E-state index is -0.615. The number of carbonyl (C=O) groups is 2. The highest BCUT2D eigenvalue weighted by molar-refractivity contribution is 14.1. The van der Waals surface area contributed by atoms with E-state index in [1.165, 1.54) is 7.11 Å². The van der Waals surface area contributed by atoms with E-state index in [1.54, 1.807) is 0 Å². The standard InChI is InChI=1S/C10H18INO4/c1-3-4-7-16-10(14)12-8(5-6-11)9(13)15-2/h8H,3-7H2,1-2H3,(H,12,14). The molecule has 0 aliphatic carbocycles. The van der Waals surface area contributed by atoms with Crippen LogP contribution in [0.25, 0.3) is 0 Å². The van der Waals surface area contributed by atoms with Crippen molar-refractivity contribution in [1.29, 1.82) is 0 Å². The number of carbonyl (C=O) groups excluding carboxylic acids is 2. The maximum absolute atomic E-state index is 11.3. The van der Waals surface area contributed by atoms with Gasteiger partial charge in [-0.3, -0.25) is 0 Å². The number of hydrogen-bond acceptors (Lipinski definition) is 4. The summed E-state index contributed by atoms with van der Waals surface area (Å²) in [6.45, 7) is 2.38. The first-order valence-corrected chi connectivity index (χ1v) is 6.75. The fraction of sp³-hybridized carbons (Fsp3) is 0.800. The van der Waals surface area contributed by atoms with Crippen LogP contribution in [-0.2, 0) is 14.3 Å². The molecule has 1 atom stereocenters. The van der Waals surface area contributed by atoms with Crippen LogP contribution in [0, 0.1) is 0 Å². The minimum Gasteiger partial charge on any atom is -0.467 e. The molecule has 0 aromatic heterocycles.